The summed E-state index contributed by atoms with van der Waals surface area (Å²) in [5.41, 5.74) is 6.04. The second kappa shape index (κ2) is 11.8. The van der Waals surface area contributed by atoms with Crippen molar-refractivity contribution < 1.29 is 9.18 Å². The minimum atomic E-state index is -0.306. The summed E-state index contributed by atoms with van der Waals surface area (Å²) in [5.74, 6) is -0.216. The third-order valence-electron chi connectivity index (χ3n) is 5.98. The molecule has 32 heavy (non-hydrogen) atoms. The first-order chi connectivity index (χ1) is 15.2. The van der Waals surface area contributed by atoms with Crippen LogP contribution in [0.1, 0.15) is 47.2 Å². The van der Waals surface area contributed by atoms with Crippen molar-refractivity contribution in [2.24, 2.45) is 0 Å². The molecule has 0 spiro atoms. The molecule has 4 rings (SSSR count). The molecule has 0 amide bonds. The van der Waals surface area contributed by atoms with Gasteiger partial charge >= 0.3 is 0 Å². The molecule has 0 bridgehead atoms. The van der Waals surface area contributed by atoms with Crippen LogP contribution in [0.3, 0.4) is 0 Å². The second-order valence-corrected chi connectivity index (χ2v) is 8.09. The largest absolute Gasteiger partial charge is 0.303 e. The molecule has 0 aromatic heterocycles. The lowest BCUT2D eigenvalue weighted by atomic mass is 9.88. The first-order valence-electron chi connectivity index (χ1n) is 11.0. The van der Waals surface area contributed by atoms with Gasteiger partial charge in [-0.15, -0.1) is 12.4 Å². The van der Waals surface area contributed by atoms with E-state index >= 15 is 0 Å². The van der Waals surface area contributed by atoms with Gasteiger partial charge in [0.2, 0.25) is 0 Å². The molecule has 3 aromatic rings. The first-order valence-corrected chi connectivity index (χ1v) is 11.0. The second-order valence-electron chi connectivity index (χ2n) is 8.09. The number of rotatable bonds is 7. The fraction of sp³-hybridized carbons (Fsp3) is 0.250. The smallest absolute Gasteiger partial charge is 0.162 e. The van der Waals surface area contributed by atoms with Gasteiger partial charge in [-0.1, -0.05) is 66.2 Å². The molecule has 3 aromatic carbocycles. The molecule has 1 aliphatic rings. The lowest BCUT2D eigenvalue weighted by molar-refractivity contribution is 0.0974. The van der Waals surface area contributed by atoms with Crippen molar-refractivity contribution in [2.45, 2.75) is 25.7 Å². The number of nitrogens with zero attached hydrogens (tertiary/aromatic N) is 1. The molecule has 1 aliphatic heterocycles. The number of carbonyl (C=O) groups is 1. The molecular weight excluding hydrogens is 421 g/mol. The van der Waals surface area contributed by atoms with Crippen LogP contribution in [-0.4, -0.2) is 30.3 Å². The molecule has 166 valence electrons. The zero-order valence-corrected chi connectivity index (χ0v) is 19.0. The van der Waals surface area contributed by atoms with E-state index in [9.17, 15) is 9.18 Å². The summed E-state index contributed by atoms with van der Waals surface area (Å²) in [4.78, 5) is 14.8. The Bertz CT molecular complexity index is 981. The summed E-state index contributed by atoms with van der Waals surface area (Å²) < 4.78 is 13.0. The molecule has 2 nitrogen and oxygen atoms in total. The van der Waals surface area contributed by atoms with Crippen LogP contribution in [-0.2, 0) is 0 Å². The maximum absolute atomic E-state index is 13.0. The number of likely N-dealkylation sites (tertiary alicyclic amines) is 1. The number of ketones is 1. The fourth-order valence-corrected chi connectivity index (χ4v) is 4.32. The maximum Gasteiger partial charge on any atom is 0.162 e. The molecule has 0 aliphatic carbocycles. The van der Waals surface area contributed by atoms with Crippen molar-refractivity contribution in [1.29, 1.82) is 0 Å². The summed E-state index contributed by atoms with van der Waals surface area (Å²) in [6.07, 6.45) is 3.43. The van der Waals surface area contributed by atoms with Crippen LogP contribution in [0.15, 0.2) is 90.5 Å². The van der Waals surface area contributed by atoms with E-state index < -0.39 is 0 Å². The average Bonchev–Trinajstić information content (AvgIpc) is 2.82. The Morgan fingerprint density at radius 1 is 0.750 bits per heavy atom. The maximum atomic E-state index is 13.0. The number of benzene rings is 3. The van der Waals surface area contributed by atoms with Crippen molar-refractivity contribution in [2.75, 3.05) is 19.6 Å². The Labute approximate surface area is 196 Å². The minimum absolute atomic E-state index is 0. The summed E-state index contributed by atoms with van der Waals surface area (Å²) in [6, 6.07) is 27.2. The highest BCUT2D eigenvalue weighted by Gasteiger charge is 2.19. The van der Waals surface area contributed by atoms with Crippen LogP contribution in [0.25, 0.3) is 5.57 Å². The normalized spacial score (nSPS) is 14.0. The number of Topliss-reactive ketones (excluding diaryl/α,β-unsaturated/α-hetero) is 1. The predicted octanol–water partition coefficient (Wildman–Crippen LogP) is 6.81. The average molecular weight is 450 g/mol. The van der Waals surface area contributed by atoms with Crippen molar-refractivity contribution >= 4 is 23.8 Å². The lowest BCUT2D eigenvalue weighted by Crippen LogP contribution is -2.32. The molecule has 4 heteroatoms. The van der Waals surface area contributed by atoms with Gasteiger partial charge in [0.15, 0.2) is 5.78 Å². The topological polar surface area (TPSA) is 20.3 Å². The van der Waals surface area contributed by atoms with Crippen molar-refractivity contribution in [1.82, 2.24) is 4.90 Å². The van der Waals surface area contributed by atoms with Crippen molar-refractivity contribution in [3.63, 3.8) is 0 Å². The molecule has 0 saturated carbocycles. The zero-order valence-electron chi connectivity index (χ0n) is 18.2. The van der Waals surface area contributed by atoms with Gasteiger partial charge in [-0.2, -0.15) is 0 Å². The highest BCUT2D eigenvalue weighted by Crippen LogP contribution is 2.32. The van der Waals surface area contributed by atoms with Gasteiger partial charge in [0.25, 0.3) is 0 Å². The van der Waals surface area contributed by atoms with E-state index in [1.807, 2.05) is 0 Å². The summed E-state index contributed by atoms with van der Waals surface area (Å²) in [7, 11) is 0. The van der Waals surface area contributed by atoms with Gasteiger partial charge in [-0.05, 0) is 66.8 Å². The minimum Gasteiger partial charge on any atom is -0.303 e. The molecule has 0 radical (unpaired) electrons. The number of hydrogen-bond acceptors (Lipinski definition) is 2. The Balaban J connectivity index is 0.00000289. The van der Waals surface area contributed by atoms with Gasteiger partial charge in [0, 0.05) is 25.1 Å². The van der Waals surface area contributed by atoms with Gasteiger partial charge in [0.1, 0.15) is 5.82 Å². The summed E-state index contributed by atoms with van der Waals surface area (Å²) >= 11 is 0. The molecule has 1 heterocycles. The van der Waals surface area contributed by atoms with Gasteiger partial charge in [-0.25, -0.2) is 4.39 Å². The van der Waals surface area contributed by atoms with E-state index in [4.69, 9.17) is 0 Å². The molecule has 0 unspecified atom stereocenters. The van der Waals surface area contributed by atoms with E-state index in [2.05, 4.69) is 65.6 Å². The van der Waals surface area contributed by atoms with Gasteiger partial charge in [0.05, 0.1) is 0 Å². The number of halogens is 2. The third kappa shape index (κ3) is 6.15. The standard InChI is InChI=1S/C28H28FNO.ClH/c29-26-15-13-22(14-16-26)27(31)12-7-19-30-20-17-25(18-21-30)28(23-8-3-1-4-9-23)24-10-5-2-6-11-24;/h1-6,8-11,13-16H,7,12,17-21H2;1H. The number of hydrogen-bond donors (Lipinski definition) is 0. The molecular formula is C28H29ClFNO. The van der Waals surface area contributed by atoms with Gasteiger partial charge < -0.3 is 4.90 Å². The SMILES string of the molecule is Cl.O=C(CCCN1CCC(=C(c2ccccc2)c2ccccc2)CC1)c1ccc(F)cc1. The van der Waals surface area contributed by atoms with E-state index in [-0.39, 0.29) is 24.0 Å². The third-order valence-corrected chi connectivity index (χ3v) is 5.98. The van der Waals surface area contributed by atoms with Crippen LogP contribution in [0.2, 0.25) is 0 Å². The highest BCUT2D eigenvalue weighted by molar-refractivity contribution is 5.95. The van der Waals surface area contributed by atoms with E-state index in [1.54, 1.807) is 12.1 Å². The molecule has 0 atom stereocenters. The first kappa shape index (κ1) is 23.9. The van der Waals surface area contributed by atoms with Gasteiger partial charge in [-0.3, -0.25) is 4.79 Å². The van der Waals surface area contributed by atoms with Crippen LogP contribution in [0.4, 0.5) is 4.39 Å². The fourth-order valence-electron chi connectivity index (χ4n) is 4.32. The van der Waals surface area contributed by atoms with Crippen molar-refractivity contribution in [3.8, 4) is 0 Å². The zero-order chi connectivity index (χ0) is 21.5. The number of carbonyl (C=O) groups excluding carboxylic acids is 1. The Morgan fingerprint density at radius 2 is 1.28 bits per heavy atom. The highest BCUT2D eigenvalue weighted by atomic mass is 35.5. The molecule has 1 saturated heterocycles. The molecule has 0 N–H and O–H groups in total. The summed E-state index contributed by atoms with van der Waals surface area (Å²) in [6.45, 7) is 2.96. The Kier molecular flexibility index (Phi) is 8.78. The molecule has 1 fully saturated rings. The van der Waals surface area contributed by atoms with E-state index in [0.717, 1.165) is 38.9 Å². The Hall–Kier alpha value is -2.75. The predicted molar refractivity (Wildman–Crippen MR) is 132 cm³/mol. The van der Waals surface area contributed by atoms with Crippen LogP contribution in [0.5, 0.6) is 0 Å². The van der Waals surface area contributed by atoms with Crippen LogP contribution < -0.4 is 0 Å². The lowest BCUT2D eigenvalue weighted by Gasteiger charge is -2.30. The number of piperidine rings is 1. The van der Waals surface area contributed by atoms with Crippen molar-refractivity contribution in [3.05, 3.63) is 113 Å². The van der Waals surface area contributed by atoms with Crippen LogP contribution in [0, 0.1) is 5.82 Å². The Morgan fingerprint density at radius 3 is 1.81 bits per heavy atom. The quantitative estimate of drug-likeness (QED) is 0.369. The van der Waals surface area contributed by atoms with Crippen LogP contribution >= 0.6 is 12.4 Å². The monoisotopic (exact) mass is 449 g/mol. The van der Waals surface area contributed by atoms with E-state index in [0.29, 0.717) is 12.0 Å². The summed E-state index contributed by atoms with van der Waals surface area (Å²) in [5, 5.41) is 0. The van der Waals surface area contributed by atoms with E-state index in [1.165, 1.54) is 34.4 Å².